The zero-order valence-electron chi connectivity index (χ0n) is 13.9. The Kier molecular flexibility index (Phi) is 4.49. The van der Waals surface area contributed by atoms with E-state index in [1.165, 1.54) is 43.8 Å². The van der Waals surface area contributed by atoms with Gasteiger partial charge in [0, 0.05) is 28.8 Å². The summed E-state index contributed by atoms with van der Waals surface area (Å²) in [6.07, 6.45) is 2.66. The van der Waals surface area contributed by atoms with Crippen molar-refractivity contribution in [3.8, 4) is 23.3 Å². The molecule has 0 saturated carbocycles. The molecular weight excluding hydrogens is 357 g/mol. The topological polar surface area (TPSA) is 96.1 Å². The number of hydrogen-bond acceptors (Lipinski definition) is 6. The summed E-state index contributed by atoms with van der Waals surface area (Å²) in [6, 6.07) is 10.7. The second-order valence-electron chi connectivity index (χ2n) is 5.53. The van der Waals surface area contributed by atoms with Crippen LogP contribution in [-0.2, 0) is 9.73 Å². The quantitative estimate of drug-likeness (QED) is 0.745. The molecule has 3 rings (SSSR count). The van der Waals surface area contributed by atoms with Gasteiger partial charge in [0.1, 0.15) is 17.4 Å². The summed E-state index contributed by atoms with van der Waals surface area (Å²) >= 11 is 0. The first-order chi connectivity index (χ1) is 12.3. The molecule has 0 amide bonds. The van der Waals surface area contributed by atoms with Crippen LogP contribution in [0, 0.1) is 21.9 Å². The monoisotopic (exact) mass is 371 g/mol. The summed E-state index contributed by atoms with van der Waals surface area (Å²) in [5, 5.41) is 9.65. The number of pyridine rings is 1. The number of nitrogens with zero attached hydrogens (tertiary/aromatic N) is 2. The van der Waals surface area contributed by atoms with Crippen LogP contribution in [0.4, 0.5) is 4.39 Å². The van der Waals surface area contributed by atoms with Gasteiger partial charge in [0.05, 0.1) is 22.4 Å². The predicted octanol–water partition coefficient (Wildman–Crippen LogP) is 4.08. The average Bonchev–Trinajstić information content (AvgIpc) is 2.61. The van der Waals surface area contributed by atoms with Crippen LogP contribution in [0.15, 0.2) is 47.5 Å². The molecule has 0 aliphatic carbocycles. The van der Waals surface area contributed by atoms with E-state index >= 15 is 0 Å². The van der Waals surface area contributed by atoms with Crippen molar-refractivity contribution in [3.05, 3.63) is 54.0 Å². The number of fused-ring (bicyclic) bond motifs is 1. The van der Waals surface area contributed by atoms with Crippen LogP contribution in [0.2, 0.25) is 0 Å². The summed E-state index contributed by atoms with van der Waals surface area (Å²) in [7, 11) is -1.48. The Balaban J connectivity index is 2.11. The molecule has 2 aromatic carbocycles. The molecule has 1 unspecified atom stereocenters. The number of benzene rings is 2. The van der Waals surface area contributed by atoms with Gasteiger partial charge in [-0.1, -0.05) is 0 Å². The number of nitriles is 1. The maximum atomic E-state index is 14.1. The lowest BCUT2D eigenvalue weighted by molar-refractivity contribution is 0.387. The minimum Gasteiger partial charge on any atom is -0.494 e. The lowest BCUT2D eigenvalue weighted by Gasteiger charge is -2.12. The van der Waals surface area contributed by atoms with E-state index in [2.05, 4.69) is 4.98 Å². The molecule has 0 saturated heterocycles. The minimum atomic E-state index is -2.83. The predicted molar refractivity (Wildman–Crippen MR) is 94.5 cm³/mol. The molecule has 0 aliphatic heterocycles. The number of halogens is 1. The number of nitrogens with one attached hydrogen (secondary N) is 1. The fraction of sp³-hybridized carbons (Fsp3) is 0.111. The van der Waals surface area contributed by atoms with E-state index in [4.69, 9.17) is 14.3 Å². The molecule has 26 heavy (non-hydrogen) atoms. The molecule has 6 nitrogen and oxygen atoms in total. The molecule has 1 aromatic heterocycles. The zero-order chi connectivity index (χ0) is 18.9. The summed E-state index contributed by atoms with van der Waals surface area (Å²) < 4.78 is 44.2. The van der Waals surface area contributed by atoms with Crippen LogP contribution < -0.4 is 9.47 Å². The van der Waals surface area contributed by atoms with Crippen LogP contribution in [0.3, 0.4) is 0 Å². The van der Waals surface area contributed by atoms with Crippen molar-refractivity contribution in [2.24, 2.45) is 0 Å². The number of rotatable bonds is 4. The van der Waals surface area contributed by atoms with Gasteiger partial charge in [-0.3, -0.25) is 4.98 Å². The highest BCUT2D eigenvalue weighted by molar-refractivity contribution is 7.91. The third-order valence-corrected chi connectivity index (χ3v) is 4.88. The number of hydrogen-bond donors (Lipinski definition) is 1. The van der Waals surface area contributed by atoms with E-state index in [1.807, 2.05) is 6.07 Å². The summed E-state index contributed by atoms with van der Waals surface area (Å²) in [6.45, 7) is 0. The summed E-state index contributed by atoms with van der Waals surface area (Å²) in [5.74, 6) is -0.0392. The van der Waals surface area contributed by atoms with E-state index in [9.17, 15) is 13.9 Å². The Bertz CT molecular complexity index is 1140. The lowest BCUT2D eigenvalue weighted by atomic mass is 10.1. The van der Waals surface area contributed by atoms with Crippen molar-refractivity contribution < 1.29 is 18.1 Å². The Labute approximate surface area is 149 Å². The molecule has 0 fully saturated rings. The largest absolute Gasteiger partial charge is 0.494 e. The van der Waals surface area contributed by atoms with Crippen LogP contribution in [0.5, 0.6) is 17.2 Å². The molecule has 1 N–H and O–H groups in total. The van der Waals surface area contributed by atoms with Crippen molar-refractivity contribution in [2.45, 2.75) is 4.90 Å². The Morgan fingerprint density at radius 1 is 1.27 bits per heavy atom. The normalized spacial score (nSPS) is 13.0. The number of ether oxygens (including phenoxy) is 2. The molecular formula is C18H14FN3O3S. The summed E-state index contributed by atoms with van der Waals surface area (Å²) in [5.41, 5.74) is 0.558. The lowest BCUT2D eigenvalue weighted by Crippen LogP contribution is -1.96. The molecule has 0 aliphatic rings. The van der Waals surface area contributed by atoms with Gasteiger partial charge in [-0.25, -0.2) is 13.4 Å². The van der Waals surface area contributed by atoms with Crippen LogP contribution in [-0.4, -0.2) is 22.6 Å². The van der Waals surface area contributed by atoms with Gasteiger partial charge in [-0.15, -0.1) is 0 Å². The standard InChI is InChI=1S/C18H14FN3O3S/c1-24-17-8-16-14(7-15(17)19)18(11(9-20)10-22-16)25-12-3-5-13(6-4-12)26(2,21)23/h3-8,10,21H,1-2H3. The van der Waals surface area contributed by atoms with Crippen molar-refractivity contribution in [1.29, 1.82) is 10.0 Å². The molecule has 0 bridgehead atoms. The van der Waals surface area contributed by atoms with E-state index < -0.39 is 15.5 Å². The number of methoxy groups -OCH3 is 1. The molecule has 3 aromatic rings. The van der Waals surface area contributed by atoms with Crippen LogP contribution in [0.1, 0.15) is 5.56 Å². The maximum Gasteiger partial charge on any atom is 0.165 e. The highest BCUT2D eigenvalue weighted by Crippen LogP contribution is 2.35. The van der Waals surface area contributed by atoms with Gasteiger partial charge in [0.15, 0.2) is 17.3 Å². The van der Waals surface area contributed by atoms with Gasteiger partial charge in [-0.05, 0) is 30.3 Å². The Morgan fingerprint density at radius 3 is 2.54 bits per heavy atom. The van der Waals surface area contributed by atoms with Gasteiger partial charge in [-0.2, -0.15) is 5.26 Å². The highest BCUT2D eigenvalue weighted by atomic mass is 32.2. The van der Waals surface area contributed by atoms with Crippen molar-refractivity contribution in [2.75, 3.05) is 13.4 Å². The van der Waals surface area contributed by atoms with E-state index in [0.717, 1.165) is 0 Å². The first kappa shape index (κ1) is 17.6. The van der Waals surface area contributed by atoms with Crippen molar-refractivity contribution in [1.82, 2.24) is 4.98 Å². The molecule has 0 radical (unpaired) electrons. The second-order valence-corrected chi connectivity index (χ2v) is 7.69. The Hall–Kier alpha value is -3.18. The van der Waals surface area contributed by atoms with Crippen LogP contribution in [0.25, 0.3) is 10.9 Å². The average molecular weight is 371 g/mol. The van der Waals surface area contributed by atoms with Gasteiger partial charge in [0.2, 0.25) is 0 Å². The highest BCUT2D eigenvalue weighted by Gasteiger charge is 2.15. The fourth-order valence-electron chi connectivity index (χ4n) is 2.40. The molecule has 8 heteroatoms. The molecule has 0 spiro atoms. The third-order valence-electron chi connectivity index (χ3n) is 3.71. The smallest absolute Gasteiger partial charge is 0.165 e. The first-order valence-corrected chi connectivity index (χ1v) is 9.38. The van der Waals surface area contributed by atoms with Gasteiger partial charge >= 0.3 is 0 Å². The summed E-state index contributed by atoms with van der Waals surface area (Å²) in [4.78, 5) is 4.50. The third kappa shape index (κ3) is 3.30. The SMILES string of the molecule is COc1cc2ncc(C#N)c(Oc3ccc(S(C)(=N)=O)cc3)c2cc1F. The van der Waals surface area contributed by atoms with Gasteiger partial charge < -0.3 is 9.47 Å². The maximum absolute atomic E-state index is 14.1. The fourth-order valence-corrected chi connectivity index (χ4v) is 3.06. The van der Waals surface area contributed by atoms with Crippen molar-refractivity contribution in [3.63, 3.8) is 0 Å². The van der Waals surface area contributed by atoms with Crippen molar-refractivity contribution >= 4 is 20.6 Å². The van der Waals surface area contributed by atoms with E-state index in [-0.39, 0.29) is 17.1 Å². The number of aromatic nitrogens is 1. The minimum absolute atomic E-state index is 0.0400. The zero-order valence-corrected chi connectivity index (χ0v) is 14.8. The molecule has 1 atom stereocenters. The van der Waals surface area contributed by atoms with E-state index in [0.29, 0.717) is 21.5 Å². The van der Waals surface area contributed by atoms with E-state index in [1.54, 1.807) is 12.1 Å². The first-order valence-electron chi connectivity index (χ1n) is 7.41. The van der Waals surface area contributed by atoms with Crippen LogP contribution >= 0.6 is 0 Å². The second kappa shape index (κ2) is 6.61. The Morgan fingerprint density at radius 2 is 1.96 bits per heavy atom. The van der Waals surface area contributed by atoms with Gasteiger partial charge in [0.25, 0.3) is 0 Å². The molecule has 132 valence electrons. The molecule has 1 heterocycles.